The van der Waals surface area contributed by atoms with Crippen LogP contribution in [-0.2, 0) is 6.54 Å². The van der Waals surface area contributed by atoms with E-state index in [-0.39, 0.29) is 5.91 Å². The number of para-hydroxylation sites is 2. The molecule has 0 unspecified atom stereocenters. The number of anilines is 2. The molecular weight excluding hydrogens is 328 g/mol. The van der Waals surface area contributed by atoms with Crippen LogP contribution >= 0.6 is 0 Å². The fourth-order valence-corrected chi connectivity index (χ4v) is 2.45. The summed E-state index contributed by atoms with van der Waals surface area (Å²) in [4.78, 5) is 21.0. The van der Waals surface area contributed by atoms with E-state index >= 15 is 0 Å². The van der Waals surface area contributed by atoms with Crippen molar-refractivity contribution in [2.45, 2.75) is 13.5 Å². The van der Waals surface area contributed by atoms with E-state index in [1.54, 1.807) is 30.7 Å². The fourth-order valence-electron chi connectivity index (χ4n) is 2.45. The lowest BCUT2D eigenvalue weighted by Crippen LogP contribution is -2.24. The fraction of sp³-hybridized carbons (Fsp3) is 0.150. The predicted octanol–water partition coefficient (Wildman–Crippen LogP) is 3.55. The minimum atomic E-state index is -0.210. The zero-order chi connectivity index (χ0) is 18.2. The summed E-state index contributed by atoms with van der Waals surface area (Å²) in [7, 11) is 0. The first-order chi connectivity index (χ1) is 12.8. The number of pyridine rings is 2. The molecule has 0 radical (unpaired) electrons. The molecule has 1 amide bonds. The first kappa shape index (κ1) is 17.4. The lowest BCUT2D eigenvalue weighted by molar-refractivity contribution is 0.0951. The molecule has 0 aliphatic heterocycles. The highest BCUT2D eigenvalue weighted by atomic mass is 16.5. The Morgan fingerprint density at radius 1 is 1.08 bits per heavy atom. The monoisotopic (exact) mass is 348 g/mol. The standard InChI is InChI=1S/C20H20N4O2/c1-2-26-18-10-4-3-9-17(18)24-19-16(8-6-12-22-19)20(25)23-14-15-7-5-11-21-13-15/h3-13H,2,14H2,1H3,(H,22,24)(H,23,25). The third kappa shape index (κ3) is 4.36. The Morgan fingerprint density at radius 2 is 1.92 bits per heavy atom. The Bertz CT molecular complexity index is 868. The van der Waals surface area contributed by atoms with Gasteiger partial charge in [-0.3, -0.25) is 9.78 Å². The maximum atomic E-state index is 12.6. The largest absolute Gasteiger partial charge is 0.492 e. The SMILES string of the molecule is CCOc1ccccc1Nc1ncccc1C(=O)NCc1cccnc1. The number of hydrogen-bond donors (Lipinski definition) is 2. The lowest BCUT2D eigenvalue weighted by atomic mass is 10.2. The molecule has 0 spiro atoms. The van der Waals surface area contributed by atoms with Crippen molar-refractivity contribution in [3.8, 4) is 5.75 Å². The van der Waals surface area contributed by atoms with Gasteiger partial charge in [-0.25, -0.2) is 4.98 Å². The van der Waals surface area contributed by atoms with E-state index in [0.717, 1.165) is 11.3 Å². The van der Waals surface area contributed by atoms with Crippen molar-refractivity contribution in [2.24, 2.45) is 0 Å². The third-order valence-corrected chi connectivity index (χ3v) is 3.67. The number of carbonyl (C=O) groups is 1. The number of benzene rings is 1. The van der Waals surface area contributed by atoms with Crippen molar-refractivity contribution in [2.75, 3.05) is 11.9 Å². The summed E-state index contributed by atoms with van der Waals surface area (Å²) in [6, 6.07) is 14.8. The van der Waals surface area contributed by atoms with E-state index in [9.17, 15) is 4.79 Å². The van der Waals surface area contributed by atoms with Crippen LogP contribution in [0.1, 0.15) is 22.8 Å². The average molecular weight is 348 g/mol. The van der Waals surface area contributed by atoms with Crippen LogP contribution in [0.5, 0.6) is 5.75 Å². The Morgan fingerprint density at radius 3 is 2.73 bits per heavy atom. The molecule has 2 N–H and O–H groups in total. The highest BCUT2D eigenvalue weighted by Crippen LogP contribution is 2.27. The quantitative estimate of drug-likeness (QED) is 0.683. The smallest absolute Gasteiger partial charge is 0.255 e. The van der Waals surface area contributed by atoms with Gasteiger partial charge in [0, 0.05) is 25.1 Å². The van der Waals surface area contributed by atoms with Gasteiger partial charge in [0.25, 0.3) is 5.91 Å². The lowest BCUT2D eigenvalue weighted by Gasteiger charge is -2.14. The Kier molecular flexibility index (Phi) is 5.77. The molecule has 3 aromatic rings. The van der Waals surface area contributed by atoms with Crippen LogP contribution in [0.15, 0.2) is 67.1 Å². The zero-order valence-electron chi connectivity index (χ0n) is 14.5. The summed E-state index contributed by atoms with van der Waals surface area (Å²) >= 11 is 0. The molecule has 26 heavy (non-hydrogen) atoms. The average Bonchev–Trinajstić information content (AvgIpc) is 2.69. The number of nitrogens with zero attached hydrogens (tertiary/aromatic N) is 2. The summed E-state index contributed by atoms with van der Waals surface area (Å²) in [6.07, 6.45) is 5.06. The predicted molar refractivity (Wildman–Crippen MR) is 101 cm³/mol. The molecule has 0 saturated carbocycles. The van der Waals surface area contributed by atoms with E-state index in [2.05, 4.69) is 20.6 Å². The molecule has 0 atom stereocenters. The van der Waals surface area contributed by atoms with Crippen LogP contribution in [0.3, 0.4) is 0 Å². The maximum absolute atomic E-state index is 12.6. The Hall–Kier alpha value is -3.41. The molecular formula is C20H20N4O2. The van der Waals surface area contributed by atoms with Gasteiger partial charge in [0.2, 0.25) is 0 Å². The van der Waals surface area contributed by atoms with Gasteiger partial charge < -0.3 is 15.4 Å². The van der Waals surface area contributed by atoms with Gasteiger partial charge in [0.15, 0.2) is 0 Å². The number of aromatic nitrogens is 2. The summed E-state index contributed by atoms with van der Waals surface area (Å²) in [5.41, 5.74) is 2.15. The van der Waals surface area contributed by atoms with Gasteiger partial charge >= 0.3 is 0 Å². The first-order valence-corrected chi connectivity index (χ1v) is 8.39. The first-order valence-electron chi connectivity index (χ1n) is 8.39. The summed E-state index contributed by atoms with van der Waals surface area (Å²) < 4.78 is 5.62. The summed E-state index contributed by atoms with van der Waals surface area (Å²) in [5.74, 6) is 0.976. The number of ether oxygens (including phenoxy) is 1. The van der Waals surface area contributed by atoms with Crippen LogP contribution in [-0.4, -0.2) is 22.5 Å². The van der Waals surface area contributed by atoms with Crippen LogP contribution in [0.4, 0.5) is 11.5 Å². The minimum absolute atomic E-state index is 0.210. The molecule has 0 fully saturated rings. The number of rotatable bonds is 7. The van der Waals surface area contributed by atoms with Crippen molar-refractivity contribution >= 4 is 17.4 Å². The second-order valence-electron chi connectivity index (χ2n) is 5.50. The van der Waals surface area contributed by atoms with Crippen LogP contribution < -0.4 is 15.4 Å². The van der Waals surface area contributed by atoms with E-state index in [0.29, 0.717) is 30.3 Å². The van der Waals surface area contributed by atoms with E-state index in [1.165, 1.54) is 0 Å². The molecule has 3 rings (SSSR count). The van der Waals surface area contributed by atoms with Gasteiger partial charge in [0.1, 0.15) is 11.6 Å². The van der Waals surface area contributed by atoms with Gasteiger partial charge in [-0.15, -0.1) is 0 Å². The highest BCUT2D eigenvalue weighted by Gasteiger charge is 2.13. The van der Waals surface area contributed by atoms with Crippen LogP contribution in [0.25, 0.3) is 0 Å². The van der Waals surface area contributed by atoms with Crippen LogP contribution in [0, 0.1) is 0 Å². The molecule has 6 heteroatoms. The molecule has 0 bridgehead atoms. The zero-order valence-corrected chi connectivity index (χ0v) is 14.5. The van der Waals surface area contributed by atoms with Gasteiger partial charge in [-0.1, -0.05) is 18.2 Å². The van der Waals surface area contributed by atoms with E-state index in [4.69, 9.17) is 4.74 Å². The number of hydrogen-bond acceptors (Lipinski definition) is 5. The van der Waals surface area contributed by atoms with Crippen LogP contribution in [0.2, 0.25) is 0 Å². The van der Waals surface area contributed by atoms with Crippen molar-refractivity contribution in [3.05, 3.63) is 78.2 Å². The van der Waals surface area contributed by atoms with Crippen molar-refractivity contribution in [3.63, 3.8) is 0 Å². The minimum Gasteiger partial charge on any atom is -0.492 e. The van der Waals surface area contributed by atoms with Gasteiger partial charge in [-0.2, -0.15) is 0 Å². The normalized spacial score (nSPS) is 10.2. The topological polar surface area (TPSA) is 76.1 Å². The molecule has 2 heterocycles. The van der Waals surface area contributed by atoms with E-state index < -0.39 is 0 Å². The molecule has 0 aliphatic carbocycles. The number of amides is 1. The number of carbonyl (C=O) groups excluding carboxylic acids is 1. The molecule has 132 valence electrons. The molecule has 0 aliphatic rings. The Labute approximate surface area is 152 Å². The second kappa shape index (κ2) is 8.62. The molecule has 0 saturated heterocycles. The van der Waals surface area contributed by atoms with Gasteiger partial charge in [-0.05, 0) is 42.8 Å². The molecule has 2 aromatic heterocycles. The molecule has 1 aromatic carbocycles. The molecule has 6 nitrogen and oxygen atoms in total. The Balaban J connectivity index is 1.77. The summed E-state index contributed by atoms with van der Waals surface area (Å²) in [6.45, 7) is 2.88. The number of nitrogens with one attached hydrogen (secondary N) is 2. The maximum Gasteiger partial charge on any atom is 0.255 e. The summed E-state index contributed by atoms with van der Waals surface area (Å²) in [5, 5.41) is 6.09. The van der Waals surface area contributed by atoms with Crippen molar-refractivity contribution < 1.29 is 9.53 Å². The second-order valence-corrected chi connectivity index (χ2v) is 5.50. The van der Waals surface area contributed by atoms with Crippen molar-refractivity contribution in [1.82, 2.24) is 15.3 Å². The van der Waals surface area contributed by atoms with Crippen molar-refractivity contribution in [1.29, 1.82) is 0 Å². The highest BCUT2D eigenvalue weighted by molar-refractivity contribution is 5.99. The van der Waals surface area contributed by atoms with E-state index in [1.807, 2.05) is 43.3 Å². The van der Waals surface area contributed by atoms with Gasteiger partial charge in [0.05, 0.1) is 17.9 Å². The third-order valence-electron chi connectivity index (χ3n) is 3.67.